The van der Waals surface area contributed by atoms with Crippen LogP contribution < -0.4 is 4.72 Å². The number of halogens is 1. The van der Waals surface area contributed by atoms with Crippen molar-refractivity contribution in [1.82, 2.24) is 9.62 Å². The summed E-state index contributed by atoms with van der Waals surface area (Å²) in [5.41, 5.74) is -0.722. The predicted molar refractivity (Wildman–Crippen MR) is 73.7 cm³/mol. The standard InChI is InChI=1S/C13H17FN2O4S/c1-13(2,16-7-8-20-12(16)17)9-15-21(18,19)11-5-3-10(14)4-6-11/h3-6,15H,7-9H2,1-2H3. The zero-order valence-electron chi connectivity index (χ0n) is 11.8. The van der Waals surface area contributed by atoms with E-state index < -0.39 is 27.5 Å². The van der Waals surface area contributed by atoms with Gasteiger partial charge in [-0.05, 0) is 38.1 Å². The van der Waals surface area contributed by atoms with Crippen LogP contribution in [0.5, 0.6) is 0 Å². The molecule has 116 valence electrons. The Kier molecular flexibility index (Phi) is 4.20. The van der Waals surface area contributed by atoms with Gasteiger partial charge in [-0.1, -0.05) is 0 Å². The lowest BCUT2D eigenvalue weighted by Gasteiger charge is -2.33. The maximum atomic E-state index is 12.8. The molecule has 1 fully saturated rings. The highest BCUT2D eigenvalue weighted by molar-refractivity contribution is 7.89. The van der Waals surface area contributed by atoms with E-state index >= 15 is 0 Å². The number of carbonyl (C=O) groups excluding carboxylic acids is 1. The Bertz CT molecular complexity index is 628. The Labute approximate surface area is 122 Å². The monoisotopic (exact) mass is 316 g/mol. The molecule has 21 heavy (non-hydrogen) atoms. The number of nitrogens with one attached hydrogen (secondary N) is 1. The molecule has 1 heterocycles. The van der Waals surface area contributed by atoms with Crippen LogP contribution in [-0.2, 0) is 14.8 Å². The second-order valence-electron chi connectivity index (χ2n) is 5.36. The minimum absolute atomic E-state index is 0.0244. The molecule has 6 nitrogen and oxygen atoms in total. The first-order valence-corrected chi connectivity index (χ1v) is 7.90. The summed E-state index contributed by atoms with van der Waals surface area (Å²) in [6, 6.07) is 4.54. The molecule has 0 atom stereocenters. The quantitative estimate of drug-likeness (QED) is 0.889. The molecule has 1 aromatic carbocycles. The van der Waals surface area contributed by atoms with Crippen molar-refractivity contribution in [3.05, 3.63) is 30.1 Å². The highest BCUT2D eigenvalue weighted by atomic mass is 32.2. The summed E-state index contributed by atoms with van der Waals surface area (Å²) in [6.07, 6.45) is -0.457. The molecule has 8 heteroatoms. The smallest absolute Gasteiger partial charge is 0.410 e. The van der Waals surface area contributed by atoms with Gasteiger partial charge in [-0.2, -0.15) is 0 Å². The molecule has 0 saturated carbocycles. The van der Waals surface area contributed by atoms with Crippen LogP contribution >= 0.6 is 0 Å². The van der Waals surface area contributed by atoms with Gasteiger partial charge in [-0.15, -0.1) is 0 Å². The van der Waals surface area contributed by atoms with Gasteiger partial charge in [-0.25, -0.2) is 22.3 Å². The molecule has 0 radical (unpaired) electrons. The molecule has 1 amide bonds. The number of carbonyl (C=O) groups is 1. The molecular formula is C13H17FN2O4S. The normalized spacial score (nSPS) is 16.1. The van der Waals surface area contributed by atoms with E-state index in [-0.39, 0.29) is 11.4 Å². The van der Waals surface area contributed by atoms with Crippen molar-refractivity contribution in [3.63, 3.8) is 0 Å². The van der Waals surface area contributed by atoms with Gasteiger partial charge in [0.1, 0.15) is 12.4 Å². The maximum absolute atomic E-state index is 12.8. The van der Waals surface area contributed by atoms with Gasteiger partial charge in [-0.3, -0.25) is 4.90 Å². The van der Waals surface area contributed by atoms with Gasteiger partial charge in [0.25, 0.3) is 0 Å². The maximum Gasteiger partial charge on any atom is 0.410 e. The fourth-order valence-corrected chi connectivity index (χ4v) is 3.21. The van der Waals surface area contributed by atoms with E-state index in [4.69, 9.17) is 4.74 Å². The number of hydrogen-bond acceptors (Lipinski definition) is 4. The van der Waals surface area contributed by atoms with Gasteiger partial charge < -0.3 is 4.74 Å². The zero-order valence-corrected chi connectivity index (χ0v) is 12.6. The fraction of sp³-hybridized carbons (Fsp3) is 0.462. The fourth-order valence-electron chi connectivity index (χ4n) is 2.01. The van der Waals surface area contributed by atoms with Crippen LogP contribution in [0.15, 0.2) is 29.2 Å². The summed E-state index contributed by atoms with van der Waals surface area (Å²) in [7, 11) is -3.75. The van der Waals surface area contributed by atoms with Crippen molar-refractivity contribution in [1.29, 1.82) is 0 Å². The third-order valence-corrected chi connectivity index (χ3v) is 4.73. The summed E-state index contributed by atoms with van der Waals surface area (Å²) < 4.78 is 44.3. The number of nitrogens with zero attached hydrogens (tertiary/aromatic N) is 1. The molecule has 1 aliphatic heterocycles. The minimum atomic E-state index is -3.75. The molecule has 1 aliphatic rings. The van der Waals surface area contributed by atoms with Gasteiger partial charge in [0, 0.05) is 6.54 Å². The molecule has 0 bridgehead atoms. The molecule has 2 rings (SSSR count). The first kappa shape index (κ1) is 15.7. The average Bonchev–Trinajstić information content (AvgIpc) is 2.84. The van der Waals surface area contributed by atoms with E-state index in [2.05, 4.69) is 4.72 Å². The van der Waals surface area contributed by atoms with Crippen molar-refractivity contribution in [3.8, 4) is 0 Å². The van der Waals surface area contributed by atoms with Crippen LogP contribution in [0.1, 0.15) is 13.8 Å². The lowest BCUT2D eigenvalue weighted by Crippen LogP contribution is -2.52. The van der Waals surface area contributed by atoms with Crippen LogP contribution in [0.4, 0.5) is 9.18 Å². The summed E-state index contributed by atoms with van der Waals surface area (Å²) in [5.74, 6) is -0.505. The van der Waals surface area contributed by atoms with Crippen LogP contribution in [0.2, 0.25) is 0 Å². The molecule has 1 aromatic rings. The van der Waals surface area contributed by atoms with Crippen LogP contribution in [-0.4, -0.2) is 44.6 Å². The minimum Gasteiger partial charge on any atom is -0.448 e. The van der Waals surface area contributed by atoms with Gasteiger partial charge in [0.2, 0.25) is 10.0 Å². The summed E-state index contributed by atoms with van der Waals surface area (Å²) in [5, 5.41) is 0. The van der Waals surface area contributed by atoms with Gasteiger partial charge >= 0.3 is 6.09 Å². The number of cyclic esters (lactones) is 1. The molecule has 0 spiro atoms. The average molecular weight is 316 g/mol. The predicted octanol–water partition coefficient (Wildman–Crippen LogP) is 1.33. The van der Waals surface area contributed by atoms with Crippen LogP contribution in [0.3, 0.4) is 0 Å². The first-order chi connectivity index (χ1) is 9.72. The lowest BCUT2D eigenvalue weighted by atomic mass is 10.0. The molecule has 0 unspecified atom stereocenters. The highest BCUT2D eigenvalue weighted by Crippen LogP contribution is 2.19. The summed E-state index contributed by atoms with van der Waals surface area (Å²) in [4.78, 5) is 13.0. The lowest BCUT2D eigenvalue weighted by molar-refractivity contribution is 0.127. The number of sulfonamides is 1. The molecular weight excluding hydrogens is 299 g/mol. The number of ether oxygens (including phenoxy) is 1. The first-order valence-electron chi connectivity index (χ1n) is 6.42. The van der Waals surface area contributed by atoms with E-state index in [1.807, 2.05) is 0 Å². The van der Waals surface area contributed by atoms with E-state index in [1.165, 1.54) is 17.0 Å². The Morgan fingerprint density at radius 2 is 1.95 bits per heavy atom. The third-order valence-electron chi connectivity index (χ3n) is 3.31. The topological polar surface area (TPSA) is 75.7 Å². The van der Waals surface area contributed by atoms with Gasteiger partial charge in [0.05, 0.1) is 17.0 Å². The molecule has 1 N–H and O–H groups in total. The van der Waals surface area contributed by atoms with E-state index in [0.29, 0.717) is 13.2 Å². The van der Waals surface area contributed by atoms with Crippen LogP contribution in [0, 0.1) is 5.82 Å². The van der Waals surface area contributed by atoms with E-state index in [1.54, 1.807) is 13.8 Å². The van der Waals surface area contributed by atoms with Crippen molar-refractivity contribution in [2.75, 3.05) is 19.7 Å². The Balaban J connectivity index is 2.07. The molecule has 1 saturated heterocycles. The van der Waals surface area contributed by atoms with Crippen molar-refractivity contribution in [2.45, 2.75) is 24.3 Å². The second-order valence-corrected chi connectivity index (χ2v) is 7.12. The Morgan fingerprint density at radius 1 is 1.33 bits per heavy atom. The zero-order chi connectivity index (χ0) is 15.7. The number of rotatable bonds is 5. The van der Waals surface area contributed by atoms with Gasteiger partial charge in [0.15, 0.2) is 0 Å². The molecule has 0 aliphatic carbocycles. The second kappa shape index (κ2) is 5.61. The third kappa shape index (κ3) is 3.51. The Morgan fingerprint density at radius 3 is 2.48 bits per heavy atom. The highest BCUT2D eigenvalue weighted by Gasteiger charge is 2.36. The van der Waals surface area contributed by atoms with E-state index in [9.17, 15) is 17.6 Å². The SMILES string of the molecule is CC(C)(CNS(=O)(=O)c1ccc(F)cc1)N1CCOC1=O. The van der Waals surface area contributed by atoms with Crippen molar-refractivity contribution >= 4 is 16.1 Å². The largest absolute Gasteiger partial charge is 0.448 e. The number of hydrogen-bond donors (Lipinski definition) is 1. The van der Waals surface area contributed by atoms with E-state index in [0.717, 1.165) is 12.1 Å². The van der Waals surface area contributed by atoms with Crippen molar-refractivity contribution < 1.29 is 22.3 Å². The summed E-state index contributed by atoms with van der Waals surface area (Å²) in [6.45, 7) is 4.23. The molecule has 0 aromatic heterocycles. The van der Waals surface area contributed by atoms with Crippen LogP contribution in [0.25, 0.3) is 0 Å². The Hall–Kier alpha value is -1.67. The van der Waals surface area contributed by atoms with Crippen molar-refractivity contribution in [2.24, 2.45) is 0 Å². The number of benzene rings is 1. The summed E-state index contributed by atoms with van der Waals surface area (Å²) >= 11 is 0. The number of amides is 1.